The maximum atomic E-state index is 12.1. The smallest absolute Gasteiger partial charge is 0.246 e. The first-order valence-electron chi connectivity index (χ1n) is 5.62. The Morgan fingerprint density at radius 2 is 1.94 bits per heavy atom. The van der Waals surface area contributed by atoms with Gasteiger partial charge in [0.25, 0.3) is 0 Å². The molecule has 5 heteroatoms. The van der Waals surface area contributed by atoms with E-state index in [-0.39, 0.29) is 17.9 Å². The van der Waals surface area contributed by atoms with Gasteiger partial charge >= 0.3 is 0 Å². The first-order chi connectivity index (χ1) is 7.43. The summed E-state index contributed by atoms with van der Waals surface area (Å²) in [6.07, 6.45) is 0.906. The molecule has 2 amide bonds. The monoisotopic (exact) mass is 246 g/mol. The highest BCUT2D eigenvalue weighted by atomic mass is 32.1. The normalized spacial score (nSPS) is 12.4. The van der Waals surface area contributed by atoms with Crippen molar-refractivity contribution in [2.24, 2.45) is 0 Å². The summed E-state index contributed by atoms with van der Waals surface area (Å²) >= 11 is 4.10. The molecule has 0 aliphatic rings. The lowest BCUT2D eigenvalue weighted by Crippen LogP contribution is -2.51. The van der Waals surface area contributed by atoms with E-state index in [1.165, 1.54) is 6.92 Å². The summed E-state index contributed by atoms with van der Waals surface area (Å²) in [6.45, 7) is 8.08. The third kappa shape index (κ3) is 4.88. The number of hydrogen-bond acceptors (Lipinski definition) is 3. The second-order valence-electron chi connectivity index (χ2n) is 4.06. The van der Waals surface area contributed by atoms with Crippen LogP contribution in [0.4, 0.5) is 0 Å². The van der Waals surface area contributed by atoms with Gasteiger partial charge in [-0.1, -0.05) is 6.92 Å². The van der Waals surface area contributed by atoms with Gasteiger partial charge in [0.15, 0.2) is 0 Å². The van der Waals surface area contributed by atoms with Crippen LogP contribution in [0.5, 0.6) is 0 Å². The van der Waals surface area contributed by atoms with Gasteiger partial charge in [0.05, 0.1) is 0 Å². The maximum Gasteiger partial charge on any atom is 0.246 e. The number of carbonyl (C=O) groups excluding carboxylic acids is 2. The molecule has 0 aliphatic carbocycles. The molecule has 16 heavy (non-hydrogen) atoms. The van der Waals surface area contributed by atoms with Crippen LogP contribution in [0.2, 0.25) is 0 Å². The Kier molecular flexibility index (Phi) is 7.21. The fourth-order valence-electron chi connectivity index (χ4n) is 1.49. The molecule has 1 atom stereocenters. The third-order valence-electron chi connectivity index (χ3n) is 2.23. The summed E-state index contributed by atoms with van der Waals surface area (Å²) in [4.78, 5) is 24.8. The highest BCUT2D eigenvalue weighted by molar-refractivity contribution is 7.80. The Hall–Kier alpha value is -0.710. The zero-order chi connectivity index (χ0) is 12.7. The van der Waals surface area contributed by atoms with Crippen LogP contribution < -0.4 is 5.32 Å². The quantitative estimate of drug-likeness (QED) is 0.689. The van der Waals surface area contributed by atoms with Crippen molar-refractivity contribution in [3.63, 3.8) is 0 Å². The van der Waals surface area contributed by atoms with Gasteiger partial charge < -0.3 is 10.2 Å². The molecule has 4 nitrogen and oxygen atoms in total. The lowest BCUT2D eigenvalue weighted by Gasteiger charge is -2.30. The van der Waals surface area contributed by atoms with Crippen molar-refractivity contribution in [2.45, 2.75) is 46.2 Å². The molecule has 0 aromatic heterocycles. The van der Waals surface area contributed by atoms with Crippen LogP contribution in [0.3, 0.4) is 0 Å². The van der Waals surface area contributed by atoms with Crippen LogP contribution in [0.1, 0.15) is 34.1 Å². The fourth-order valence-corrected chi connectivity index (χ4v) is 1.74. The zero-order valence-corrected chi connectivity index (χ0v) is 11.4. The first-order valence-corrected chi connectivity index (χ1v) is 6.25. The molecular weight excluding hydrogens is 224 g/mol. The molecule has 0 saturated carbocycles. The molecule has 94 valence electrons. The van der Waals surface area contributed by atoms with Gasteiger partial charge in [-0.2, -0.15) is 12.6 Å². The second kappa shape index (κ2) is 7.54. The van der Waals surface area contributed by atoms with Crippen molar-refractivity contribution in [2.75, 3.05) is 12.3 Å². The van der Waals surface area contributed by atoms with E-state index in [0.29, 0.717) is 12.3 Å². The number of thiol groups is 1. The van der Waals surface area contributed by atoms with Gasteiger partial charge in [0.2, 0.25) is 11.8 Å². The Morgan fingerprint density at radius 3 is 2.25 bits per heavy atom. The highest BCUT2D eigenvalue weighted by Crippen LogP contribution is 2.04. The van der Waals surface area contributed by atoms with Gasteiger partial charge in [0.1, 0.15) is 6.04 Å². The number of nitrogens with zero attached hydrogens (tertiary/aromatic N) is 1. The molecule has 0 aromatic carbocycles. The minimum Gasteiger partial charge on any atom is -0.344 e. The van der Waals surface area contributed by atoms with E-state index in [2.05, 4.69) is 17.9 Å². The molecular formula is C11H22N2O2S. The number of rotatable bonds is 6. The predicted octanol–water partition coefficient (Wildman–Crippen LogP) is 1.07. The standard InChI is InChI=1S/C11H22N2O2S/c1-5-6-13(8(2)3)11(15)10(7-16)12-9(4)14/h8,10,16H,5-7H2,1-4H3,(H,12,14). The lowest BCUT2D eigenvalue weighted by molar-refractivity contribution is -0.136. The minimum atomic E-state index is -0.519. The zero-order valence-electron chi connectivity index (χ0n) is 10.5. The number of nitrogens with one attached hydrogen (secondary N) is 1. The molecule has 0 aliphatic heterocycles. The highest BCUT2D eigenvalue weighted by Gasteiger charge is 2.24. The van der Waals surface area contributed by atoms with E-state index in [1.807, 2.05) is 20.8 Å². The molecule has 0 radical (unpaired) electrons. The minimum absolute atomic E-state index is 0.0537. The fraction of sp³-hybridized carbons (Fsp3) is 0.818. The molecule has 0 bridgehead atoms. The number of amides is 2. The molecule has 0 heterocycles. The molecule has 0 spiro atoms. The van der Waals surface area contributed by atoms with Gasteiger partial charge in [-0.05, 0) is 20.3 Å². The molecule has 1 N–H and O–H groups in total. The predicted molar refractivity (Wildman–Crippen MR) is 68.6 cm³/mol. The van der Waals surface area contributed by atoms with Crippen LogP contribution >= 0.6 is 12.6 Å². The van der Waals surface area contributed by atoms with Crippen LogP contribution in [0.25, 0.3) is 0 Å². The van der Waals surface area contributed by atoms with Crippen LogP contribution in [-0.2, 0) is 9.59 Å². The van der Waals surface area contributed by atoms with Crippen molar-refractivity contribution >= 4 is 24.4 Å². The Labute approximate surface area is 103 Å². The summed E-state index contributed by atoms with van der Waals surface area (Å²) < 4.78 is 0. The van der Waals surface area contributed by atoms with Crippen molar-refractivity contribution in [3.05, 3.63) is 0 Å². The van der Waals surface area contributed by atoms with Crippen LogP contribution in [-0.4, -0.2) is 41.1 Å². The lowest BCUT2D eigenvalue weighted by atomic mass is 10.2. The Balaban J connectivity index is 4.61. The summed E-state index contributed by atoms with van der Waals surface area (Å²) in [5, 5.41) is 2.62. The largest absolute Gasteiger partial charge is 0.344 e. The second-order valence-corrected chi connectivity index (χ2v) is 4.43. The van der Waals surface area contributed by atoms with E-state index < -0.39 is 6.04 Å². The van der Waals surface area contributed by atoms with E-state index in [4.69, 9.17) is 0 Å². The summed E-state index contributed by atoms with van der Waals surface area (Å²) in [6, 6.07) is -0.377. The average Bonchev–Trinajstić information content (AvgIpc) is 2.20. The Bertz CT molecular complexity index is 244. The van der Waals surface area contributed by atoms with Gasteiger partial charge in [-0.15, -0.1) is 0 Å². The van der Waals surface area contributed by atoms with Crippen molar-refractivity contribution in [3.8, 4) is 0 Å². The number of hydrogen-bond donors (Lipinski definition) is 2. The van der Waals surface area contributed by atoms with E-state index in [9.17, 15) is 9.59 Å². The average molecular weight is 246 g/mol. The van der Waals surface area contributed by atoms with Crippen molar-refractivity contribution < 1.29 is 9.59 Å². The molecule has 0 fully saturated rings. The summed E-state index contributed by atoms with van der Waals surface area (Å²) in [5.41, 5.74) is 0. The van der Waals surface area contributed by atoms with Crippen molar-refractivity contribution in [1.29, 1.82) is 0 Å². The molecule has 0 rings (SSSR count). The van der Waals surface area contributed by atoms with Crippen molar-refractivity contribution in [1.82, 2.24) is 10.2 Å². The van der Waals surface area contributed by atoms with E-state index >= 15 is 0 Å². The van der Waals surface area contributed by atoms with Crippen LogP contribution in [0.15, 0.2) is 0 Å². The van der Waals surface area contributed by atoms with Gasteiger partial charge in [-0.3, -0.25) is 9.59 Å². The number of carbonyl (C=O) groups is 2. The van der Waals surface area contributed by atoms with E-state index in [0.717, 1.165) is 6.42 Å². The summed E-state index contributed by atoms with van der Waals surface area (Å²) in [7, 11) is 0. The Morgan fingerprint density at radius 1 is 1.38 bits per heavy atom. The maximum absolute atomic E-state index is 12.1. The van der Waals surface area contributed by atoms with Gasteiger partial charge in [-0.25, -0.2) is 0 Å². The first kappa shape index (κ1) is 15.3. The SMILES string of the molecule is CCCN(C(=O)C(CS)NC(C)=O)C(C)C. The van der Waals surface area contributed by atoms with Gasteiger partial charge in [0, 0.05) is 25.3 Å². The summed E-state index contributed by atoms with van der Waals surface area (Å²) in [5.74, 6) is 0.0698. The van der Waals surface area contributed by atoms with E-state index in [1.54, 1.807) is 4.90 Å². The topological polar surface area (TPSA) is 49.4 Å². The molecule has 0 saturated heterocycles. The molecule has 1 unspecified atom stereocenters. The third-order valence-corrected chi connectivity index (χ3v) is 2.59. The molecule has 0 aromatic rings. The van der Waals surface area contributed by atoms with Crippen LogP contribution in [0, 0.1) is 0 Å².